The van der Waals surface area contributed by atoms with Crippen molar-refractivity contribution < 1.29 is 22.9 Å². The second-order valence-corrected chi connectivity index (χ2v) is 7.93. The summed E-state index contributed by atoms with van der Waals surface area (Å²) in [5.74, 6) is 0.513. The predicted octanol–water partition coefficient (Wildman–Crippen LogP) is 4.05. The summed E-state index contributed by atoms with van der Waals surface area (Å²) in [7, 11) is -2.35. The van der Waals surface area contributed by atoms with Crippen LogP contribution >= 0.6 is 0 Å². The van der Waals surface area contributed by atoms with Crippen LogP contribution in [0.4, 0.5) is 27.5 Å². The fourth-order valence-electron chi connectivity index (χ4n) is 2.58. The second-order valence-electron chi connectivity index (χ2n) is 6.24. The van der Waals surface area contributed by atoms with Gasteiger partial charge < -0.3 is 15.4 Å². The van der Waals surface area contributed by atoms with Crippen LogP contribution in [-0.2, 0) is 10.0 Å². The van der Waals surface area contributed by atoms with E-state index in [1.54, 1.807) is 24.3 Å². The van der Waals surface area contributed by atoms with Crippen molar-refractivity contribution in [2.75, 3.05) is 22.5 Å². The number of non-ortho nitro benzene ring substituents is 1. The second kappa shape index (κ2) is 9.13. The lowest BCUT2D eigenvalue weighted by Gasteiger charge is -2.11. The molecule has 3 aromatic carbocycles. The zero-order chi connectivity index (χ0) is 22.4. The summed E-state index contributed by atoms with van der Waals surface area (Å²) in [6.45, 7) is 0. The Morgan fingerprint density at radius 3 is 2.03 bits per heavy atom. The Bertz CT molecular complexity index is 1200. The first-order valence-electron chi connectivity index (χ1n) is 8.86. The molecule has 0 heterocycles. The van der Waals surface area contributed by atoms with E-state index in [-0.39, 0.29) is 10.6 Å². The first-order valence-corrected chi connectivity index (χ1v) is 10.3. The fourth-order valence-corrected chi connectivity index (χ4v) is 3.63. The van der Waals surface area contributed by atoms with Crippen molar-refractivity contribution in [2.45, 2.75) is 4.90 Å². The molecular weight excluding hydrogens is 424 g/mol. The minimum absolute atomic E-state index is 0.0108. The molecule has 0 atom stereocenters. The van der Waals surface area contributed by atoms with Crippen molar-refractivity contribution in [3.8, 4) is 5.75 Å². The number of carbonyl (C=O) groups excluding carboxylic acids is 1. The molecule has 0 aliphatic carbocycles. The van der Waals surface area contributed by atoms with Crippen molar-refractivity contribution >= 4 is 38.8 Å². The Morgan fingerprint density at radius 2 is 1.48 bits per heavy atom. The maximum Gasteiger partial charge on any atom is 0.323 e. The number of hydrogen-bond acceptors (Lipinski definition) is 6. The number of urea groups is 1. The van der Waals surface area contributed by atoms with Crippen molar-refractivity contribution in [3.63, 3.8) is 0 Å². The van der Waals surface area contributed by atoms with Crippen LogP contribution in [0.3, 0.4) is 0 Å². The molecule has 2 amide bonds. The highest BCUT2D eigenvalue weighted by atomic mass is 32.2. The number of ether oxygens (including phenoxy) is 1. The number of benzene rings is 3. The summed E-state index contributed by atoms with van der Waals surface area (Å²) in [4.78, 5) is 22.2. The van der Waals surface area contributed by atoms with Crippen LogP contribution in [-0.4, -0.2) is 26.5 Å². The maximum absolute atomic E-state index is 12.6. The molecular formula is C20H18N4O6S. The minimum atomic E-state index is -3.83. The molecule has 0 saturated carbocycles. The van der Waals surface area contributed by atoms with Gasteiger partial charge in [0.2, 0.25) is 0 Å². The molecule has 0 bridgehead atoms. The zero-order valence-corrected chi connectivity index (χ0v) is 17.0. The van der Waals surface area contributed by atoms with Gasteiger partial charge in [0.15, 0.2) is 0 Å². The van der Waals surface area contributed by atoms with E-state index < -0.39 is 21.0 Å². The van der Waals surface area contributed by atoms with Crippen LogP contribution in [0.25, 0.3) is 0 Å². The molecule has 0 radical (unpaired) electrons. The summed E-state index contributed by atoms with van der Waals surface area (Å²) in [6, 6.07) is 16.8. The molecule has 10 nitrogen and oxygen atoms in total. The first-order chi connectivity index (χ1) is 14.8. The van der Waals surface area contributed by atoms with Gasteiger partial charge >= 0.3 is 6.03 Å². The van der Waals surface area contributed by atoms with Gasteiger partial charge in [-0.15, -0.1) is 0 Å². The summed E-state index contributed by atoms with van der Waals surface area (Å²) in [5, 5.41) is 15.7. The number of nitro groups is 1. The van der Waals surface area contributed by atoms with E-state index in [0.717, 1.165) is 0 Å². The molecule has 3 N–H and O–H groups in total. The number of nitrogens with one attached hydrogen (secondary N) is 3. The summed E-state index contributed by atoms with van der Waals surface area (Å²) < 4.78 is 32.6. The van der Waals surface area contributed by atoms with E-state index in [4.69, 9.17) is 4.74 Å². The van der Waals surface area contributed by atoms with Crippen LogP contribution in [0.5, 0.6) is 5.75 Å². The average molecular weight is 442 g/mol. The number of methoxy groups -OCH3 is 1. The number of hydrogen-bond donors (Lipinski definition) is 3. The third kappa shape index (κ3) is 5.70. The average Bonchev–Trinajstić information content (AvgIpc) is 2.74. The van der Waals surface area contributed by atoms with Crippen LogP contribution in [0.1, 0.15) is 0 Å². The Morgan fingerprint density at radius 1 is 0.903 bits per heavy atom. The van der Waals surface area contributed by atoms with Gasteiger partial charge in [0.25, 0.3) is 15.7 Å². The van der Waals surface area contributed by atoms with Gasteiger partial charge in [-0.05, 0) is 48.5 Å². The molecule has 160 valence electrons. The van der Waals surface area contributed by atoms with Crippen LogP contribution < -0.4 is 20.1 Å². The molecule has 0 spiro atoms. The molecule has 3 rings (SSSR count). The molecule has 11 heteroatoms. The number of nitrogens with zero attached hydrogens (tertiary/aromatic N) is 1. The van der Waals surface area contributed by atoms with Gasteiger partial charge in [0, 0.05) is 29.6 Å². The third-order valence-corrected chi connectivity index (χ3v) is 5.48. The molecule has 0 aliphatic rings. The molecule has 0 aromatic heterocycles. The molecule has 31 heavy (non-hydrogen) atoms. The summed E-state index contributed by atoms with van der Waals surface area (Å²) in [5.41, 5.74) is 0.985. The summed E-state index contributed by atoms with van der Waals surface area (Å²) in [6.07, 6.45) is 0. The Kier molecular flexibility index (Phi) is 6.36. The highest BCUT2D eigenvalue weighted by Gasteiger charge is 2.15. The Labute approximate surface area is 178 Å². The number of amides is 2. The molecule has 0 fully saturated rings. The van der Waals surface area contributed by atoms with E-state index >= 15 is 0 Å². The zero-order valence-electron chi connectivity index (χ0n) is 16.2. The van der Waals surface area contributed by atoms with E-state index in [2.05, 4.69) is 15.4 Å². The topological polar surface area (TPSA) is 140 Å². The maximum atomic E-state index is 12.6. The van der Waals surface area contributed by atoms with Crippen molar-refractivity contribution in [1.82, 2.24) is 0 Å². The number of rotatable bonds is 7. The van der Waals surface area contributed by atoms with Crippen molar-refractivity contribution in [3.05, 3.63) is 82.9 Å². The SMILES string of the molecule is COc1cccc(NS(=O)(=O)c2ccc(NC(=O)Nc3ccc([N+](=O)[O-])cc3)cc2)c1. The third-order valence-electron chi connectivity index (χ3n) is 4.08. The standard InChI is InChI=1S/C20H18N4O6S/c1-30-18-4-2-3-16(13-18)23-31(28,29)19-11-7-15(8-12-19)22-20(25)21-14-5-9-17(10-6-14)24(26)27/h2-13,23H,1H3,(H2,21,22,25). The minimum Gasteiger partial charge on any atom is -0.497 e. The van der Waals surface area contributed by atoms with Gasteiger partial charge in [-0.3, -0.25) is 14.8 Å². The summed E-state index contributed by atoms with van der Waals surface area (Å²) >= 11 is 0. The highest BCUT2D eigenvalue weighted by molar-refractivity contribution is 7.92. The number of nitro benzene ring substituents is 1. The van der Waals surface area contributed by atoms with Gasteiger partial charge in [-0.2, -0.15) is 0 Å². The van der Waals surface area contributed by atoms with Gasteiger partial charge in [-0.25, -0.2) is 13.2 Å². The number of sulfonamides is 1. The normalized spacial score (nSPS) is 10.7. The Hall–Kier alpha value is -4.12. The van der Waals surface area contributed by atoms with Gasteiger partial charge in [-0.1, -0.05) is 6.07 Å². The lowest BCUT2D eigenvalue weighted by Crippen LogP contribution is -2.19. The smallest absolute Gasteiger partial charge is 0.323 e. The molecule has 0 aliphatic heterocycles. The quantitative estimate of drug-likeness (QED) is 0.373. The Balaban J connectivity index is 1.63. The molecule has 0 saturated heterocycles. The van der Waals surface area contributed by atoms with Gasteiger partial charge in [0.05, 0.1) is 22.6 Å². The van der Waals surface area contributed by atoms with Crippen molar-refractivity contribution in [2.24, 2.45) is 0 Å². The lowest BCUT2D eigenvalue weighted by molar-refractivity contribution is -0.384. The number of carbonyl (C=O) groups is 1. The van der Waals surface area contributed by atoms with E-state index in [9.17, 15) is 23.3 Å². The van der Waals surface area contributed by atoms with Crippen LogP contribution in [0.15, 0.2) is 77.7 Å². The van der Waals surface area contributed by atoms with Crippen LogP contribution in [0, 0.1) is 10.1 Å². The van der Waals surface area contributed by atoms with Crippen LogP contribution in [0.2, 0.25) is 0 Å². The highest BCUT2D eigenvalue weighted by Crippen LogP contribution is 2.22. The molecule has 0 unspecified atom stereocenters. The number of anilines is 3. The monoisotopic (exact) mass is 442 g/mol. The van der Waals surface area contributed by atoms with Gasteiger partial charge in [0.1, 0.15) is 5.75 Å². The van der Waals surface area contributed by atoms with E-state index in [1.807, 2.05) is 0 Å². The first kappa shape index (κ1) is 21.6. The van der Waals surface area contributed by atoms with E-state index in [0.29, 0.717) is 22.8 Å². The van der Waals surface area contributed by atoms with E-state index in [1.165, 1.54) is 55.6 Å². The van der Waals surface area contributed by atoms with Crippen molar-refractivity contribution in [1.29, 1.82) is 0 Å². The predicted molar refractivity (Wildman–Crippen MR) is 116 cm³/mol. The largest absolute Gasteiger partial charge is 0.497 e. The molecule has 3 aromatic rings. The lowest BCUT2D eigenvalue weighted by atomic mass is 10.3. The fraction of sp³-hybridized carbons (Fsp3) is 0.0500.